The van der Waals surface area contributed by atoms with Gasteiger partial charge in [-0.3, -0.25) is 14.4 Å². The minimum Gasteiger partial charge on any atom is -0.462 e. The molecule has 0 amide bonds. The van der Waals surface area contributed by atoms with E-state index in [4.69, 9.17) is 14.2 Å². The van der Waals surface area contributed by atoms with Gasteiger partial charge in [-0.25, -0.2) is 0 Å². The summed E-state index contributed by atoms with van der Waals surface area (Å²) in [5, 5.41) is 0. The van der Waals surface area contributed by atoms with Gasteiger partial charge in [0.05, 0.1) is 0 Å². The standard InChI is InChI=1S/C50H96O6/c1-5-8-10-12-14-16-18-19-20-21-22-23-25-29-33-37-41-48(51)54-44-47(56-50(53)43-39-35-31-24-17-15-13-11-9-6-2)45-55-49(52)42-38-34-30-27-26-28-32-36-40-46(4)7-3/h46-47H,5-45H2,1-4H3/t46?,47-/m1/s1. The molecule has 2 atom stereocenters. The van der Waals surface area contributed by atoms with Gasteiger partial charge in [-0.05, 0) is 25.2 Å². The van der Waals surface area contributed by atoms with E-state index in [0.29, 0.717) is 19.3 Å². The Bertz CT molecular complexity index is 843. The lowest BCUT2D eigenvalue weighted by atomic mass is 9.99. The van der Waals surface area contributed by atoms with Crippen molar-refractivity contribution in [2.24, 2.45) is 5.92 Å². The maximum Gasteiger partial charge on any atom is 0.306 e. The van der Waals surface area contributed by atoms with Crippen molar-refractivity contribution < 1.29 is 28.6 Å². The molecule has 1 unspecified atom stereocenters. The minimum atomic E-state index is -0.760. The van der Waals surface area contributed by atoms with E-state index in [9.17, 15) is 14.4 Å². The topological polar surface area (TPSA) is 78.9 Å². The quantitative estimate of drug-likeness (QED) is 0.0347. The molecule has 0 aromatic heterocycles. The Morgan fingerprint density at radius 2 is 0.625 bits per heavy atom. The summed E-state index contributed by atoms with van der Waals surface area (Å²) in [5.41, 5.74) is 0. The van der Waals surface area contributed by atoms with Crippen LogP contribution in [0.2, 0.25) is 0 Å². The molecular formula is C50H96O6. The van der Waals surface area contributed by atoms with E-state index < -0.39 is 6.10 Å². The number of unbranched alkanes of at least 4 members (excludes halogenated alkanes) is 31. The minimum absolute atomic E-state index is 0.0634. The number of hydrogen-bond acceptors (Lipinski definition) is 6. The molecule has 0 radical (unpaired) electrons. The summed E-state index contributed by atoms with van der Waals surface area (Å²) in [4.78, 5) is 37.8. The molecule has 0 spiro atoms. The first kappa shape index (κ1) is 54.4. The number of carbonyl (C=O) groups excluding carboxylic acids is 3. The van der Waals surface area contributed by atoms with Crippen LogP contribution in [0, 0.1) is 5.92 Å². The largest absolute Gasteiger partial charge is 0.462 e. The Hall–Kier alpha value is -1.59. The van der Waals surface area contributed by atoms with Gasteiger partial charge >= 0.3 is 17.9 Å². The first-order chi connectivity index (χ1) is 27.4. The number of rotatable bonds is 45. The van der Waals surface area contributed by atoms with Crippen LogP contribution >= 0.6 is 0 Å². The maximum absolute atomic E-state index is 12.7. The molecule has 0 heterocycles. The highest BCUT2D eigenvalue weighted by Crippen LogP contribution is 2.17. The van der Waals surface area contributed by atoms with E-state index in [2.05, 4.69) is 27.7 Å². The van der Waals surface area contributed by atoms with Crippen molar-refractivity contribution in [2.75, 3.05) is 13.2 Å². The van der Waals surface area contributed by atoms with Gasteiger partial charge in [-0.2, -0.15) is 0 Å². The fraction of sp³-hybridized carbons (Fsp3) is 0.940. The van der Waals surface area contributed by atoms with E-state index in [1.54, 1.807) is 0 Å². The molecule has 0 aliphatic rings. The van der Waals surface area contributed by atoms with Crippen LogP contribution in [0.5, 0.6) is 0 Å². The van der Waals surface area contributed by atoms with Gasteiger partial charge in [0, 0.05) is 19.3 Å². The molecule has 6 heteroatoms. The predicted octanol–water partition coefficient (Wildman–Crippen LogP) is 15.9. The van der Waals surface area contributed by atoms with Gasteiger partial charge < -0.3 is 14.2 Å². The first-order valence-electron chi connectivity index (χ1n) is 24.9. The summed E-state index contributed by atoms with van der Waals surface area (Å²) in [6.07, 6.45) is 45.1. The van der Waals surface area contributed by atoms with Crippen LogP contribution in [0.3, 0.4) is 0 Å². The number of hydrogen-bond donors (Lipinski definition) is 0. The zero-order valence-corrected chi connectivity index (χ0v) is 38.1. The van der Waals surface area contributed by atoms with Crippen molar-refractivity contribution in [3.8, 4) is 0 Å². The molecule has 0 aromatic carbocycles. The van der Waals surface area contributed by atoms with Crippen molar-refractivity contribution in [1.82, 2.24) is 0 Å². The summed E-state index contributed by atoms with van der Waals surface area (Å²) in [5.74, 6) is -0.00234. The Morgan fingerprint density at radius 3 is 0.929 bits per heavy atom. The molecule has 0 aromatic rings. The Labute approximate surface area is 348 Å². The molecule has 56 heavy (non-hydrogen) atoms. The highest BCUT2D eigenvalue weighted by molar-refractivity contribution is 5.71. The van der Waals surface area contributed by atoms with Crippen molar-refractivity contribution in [1.29, 1.82) is 0 Å². The van der Waals surface area contributed by atoms with Crippen LogP contribution in [0.4, 0.5) is 0 Å². The average Bonchev–Trinajstić information content (AvgIpc) is 3.19. The van der Waals surface area contributed by atoms with Crippen LogP contribution in [-0.4, -0.2) is 37.2 Å². The molecule has 0 saturated carbocycles. The van der Waals surface area contributed by atoms with Gasteiger partial charge in [0.25, 0.3) is 0 Å². The third-order valence-corrected chi connectivity index (χ3v) is 11.7. The Kier molecular flexibility index (Phi) is 43.2. The lowest BCUT2D eigenvalue weighted by Crippen LogP contribution is -2.30. The van der Waals surface area contributed by atoms with E-state index in [1.165, 1.54) is 173 Å². The van der Waals surface area contributed by atoms with Crippen molar-refractivity contribution in [2.45, 2.75) is 284 Å². The lowest BCUT2D eigenvalue weighted by molar-refractivity contribution is -0.167. The monoisotopic (exact) mass is 793 g/mol. The predicted molar refractivity (Wildman–Crippen MR) is 238 cm³/mol. The summed E-state index contributed by atoms with van der Waals surface area (Å²) < 4.78 is 16.8. The summed E-state index contributed by atoms with van der Waals surface area (Å²) in [6, 6.07) is 0. The fourth-order valence-corrected chi connectivity index (χ4v) is 7.48. The second kappa shape index (κ2) is 44.5. The lowest BCUT2D eigenvalue weighted by Gasteiger charge is -2.18. The molecule has 0 saturated heterocycles. The van der Waals surface area contributed by atoms with Crippen molar-refractivity contribution in [3.05, 3.63) is 0 Å². The van der Waals surface area contributed by atoms with E-state index >= 15 is 0 Å². The highest BCUT2D eigenvalue weighted by Gasteiger charge is 2.19. The molecule has 6 nitrogen and oxygen atoms in total. The van der Waals surface area contributed by atoms with E-state index in [1.807, 2.05) is 0 Å². The van der Waals surface area contributed by atoms with Gasteiger partial charge in [0.1, 0.15) is 13.2 Å². The summed E-state index contributed by atoms with van der Waals surface area (Å²) in [7, 11) is 0. The van der Waals surface area contributed by atoms with E-state index in [-0.39, 0.29) is 31.1 Å². The van der Waals surface area contributed by atoms with Gasteiger partial charge in [0.2, 0.25) is 0 Å². The SMILES string of the molecule is CCCCCCCCCCCCCCCCCCC(=O)OC[C@H](COC(=O)CCCCCCCCCCC(C)CC)OC(=O)CCCCCCCCCCCC. The van der Waals surface area contributed by atoms with Gasteiger partial charge in [0.15, 0.2) is 6.10 Å². The van der Waals surface area contributed by atoms with Crippen LogP contribution < -0.4 is 0 Å². The van der Waals surface area contributed by atoms with Crippen LogP contribution in [0.15, 0.2) is 0 Å². The zero-order chi connectivity index (χ0) is 41.0. The van der Waals surface area contributed by atoms with Gasteiger partial charge in [-0.1, -0.05) is 240 Å². The molecule has 0 aliphatic heterocycles. The molecule has 0 rings (SSSR count). The second-order valence-corrected chi connectivity index (χ2v) is 17.3. The Balaban J connectivity index is 4.28. The smallest absolute Gasteiger partial charge is 0.306 e. The highest BCUT2D eigenvalue weighted by atomic mass is 16.6. The third kappa shape index (κ3) is 42.0. The molecular weight excluding hydrogens is 697 g/mol. The first-order valence-corrected chi connectivity index (χ1v) is 24.9. The normalized spacial score (nSPS) is 12.4. The zero-order valence-electron chi connectivity index (χ0n) is 38.1. The Morgan fingerprint density at radius 1 is 0.357 bits per heavy atom. The number of esters is 3. The summed E-state index contributed by atoms with van der Waals surface area (Å²) in [6.45, 7) is 9.01. The number of carbonyl (C=O) groups is 3. The van der Waals surface area contributed by atoms with E-state index in [0.717, 1.165) is 63.7 Å². The van der Waals surface area contributed by atoms with Gasteiger partial charge in [-0.15, -0.1) is 0 Å². The fourth-order valence-electron chi connectivity index (χ4n) is 7.48. The van der Waals surface area contributed by atoms with Crippen LogP contribution in [0.25, 0.3) is 0 Å². The molecule has 332 valence electrons. The maximum atomic E-state index is 12.7. The van der Waals surface area contributed by atoms with Crippen LogP contribution in [-0.2, 0) is 28.6 Å². The number of ether oxygens (including phenoxy) is 3. The summed E-state index contributed by atoms with van der Waals surface area (Å²) >= 11 is 0. The molecule has 0 fully saturated rings. The molecule has 0 N–H and O–H groups in total. The van der Waals surface area contributed by atoms with Crippen molar-refractivity contribution in [3.63, 3.8) is 0 Å². The molecule has 0 aliphatic carbocycles. The second-order valence-electron chi connectivity index (χ2n) is 17.3. The molecule has 0 bridgehead atoms. The van der Waals surface area contributed by atoms with Crippen molar-refractivity contribution >= 4 is 17.9 Å². The average molecular weight is 793 g/mol. The third-order valence-electron chi connectivity index (χ3n) is 11.7. The van der Waals surface area contributed by atoms with Crippen LogP contribution in [0.1, 0.15) is 278 Å².